The van der Waals surface area contributed by atoms with Gasteiger partial charge in [0, 0.05) is 13.1 Å². The molecule has 0 fully saturated rings. The average Bonchev–Trinajstić information content (AvgIpc) is 2.41. The van der Waals surface area contributed by atoms with Gasteiger partial charge in [-0.3, -0.25) is 10.1 Å². The van der Waals surface area contributed by atoms with E-state index in [0.29, 0.717) is 25.6 Å². The summed E-state index contributed by atoms with van der Waals surface area (Å²) in [5, 5.41) is 13.7. The van der Waals surface area contributed by atoms with Crippen molar-refractivity contribution >= 4 is 17.3 Å². The standard InChI is InChI=1S/C11H20N6O3/c1-16(2)4-6-20-5-3-13-10-7-9(17(18)19)8-11(14-10)15-12/h7-8H,3-6,12H2,1-2H3,(H2,13,14,15). The molecule has 112 valence electrons. The van der Waals surface area contributed by atoms with E-state index in [-0.39, 0.29) is 11.5 Å². The van der Waals surface area contributed by atoms with Crippen molar-refractivity contribution in [1.82, 2.24) is 9.88 Å². The molecule has 1 heterocycles. The Kier molecular flexibility index (Phi) is 6.64. The summed E-state index contributed by atoms with van der Waals surface area (Å²) in [5.41, 5.74) is 2.21. The van der Waals surface area contributed by atoms with E-state index in [1.165, 1.54) is 12.1 Å². The van der Waals surface area contributed by atoms with Crippen LogP contribution in [0.3, 0.4) is 0 Å². The summed E-state index contributed by atoms with van der Waals surface area (Å²) in [6.07, 6.45) is 0. The van der Waals surface area contributed by atoms with Gasteiger partial charge in [-0.2, -0.15) is 0 Å². The van der Waals surface area contributed by atoms with E-state index >= 15 is 0 Å². The van der Waals surface area contributed by atoms with Gasteiger partial charge in [-0.1, -0.05) is 0 Å². The number of hydrogen-bond donors (Lipinski definition) is 3. The molecule has 0 saturated carbocycles. The average molecular weight is 284 g/mol. The minimum Gasteiger partial charge on any atom is -0.378 e. The molecule has 20 heavy (non-hydrogen) atoms. The smallest absolute Gasteiger partial charge is 0.276 e. The third kappa shape index (κ3) is 5.78. The first-order valence-electron chi connectivity index (χ1n) is 6.12. The molecule has 1 aromatic rings. The van der Waals surface area contributed by atoms with Crippen LogP contribution in [0.4, 0.5) is 17.3 Å². The van der Waals surface area contributed by atoms with Gasteiger partial charge in [0.2, 0.25) is 0 Å². The fraction of sp³-hybridized carbons (Fsp3) is 0.545. The van der Waals surface area contributed by atoms with Crippen molar-refractivity contribution in [3.8, 4) is 0 Å². The molecular formula is C11H20N6O3. The largest absolute Gasteiger partial charge is 0.378 e. The molecule has 0 aliphatic heterocycles. The number of hydrogen-bond acceptors (Lipinski definition) is 8. The highest BCUT2D eigenvalue weighted by Gasteiger charge is 2.10. The molecule has 0 aliphatic carbocycles. The molecule has 0 bridgehead atoms. The minimum atomic E-state index is -0.499. The van der Waals surface area contributed by atoms with Crippen molar-refractivity contribution in [2.45, 2.75) is 0 Å². The third-order valence-electron chi connectivity index (χ3n) is 2.40. The summed E-state index contributed by atoms with van der Waals surface area (Å²) in [5.74, 6) is 5.83. The van der Waals surface area contributed by atoms with Crippen LogP contribution >= 0.6 is 0 Å². The van der Waals surface area contributed by atoms with Crippen molar-refractivity contribution in [2.24, 2.45) is 5.84 Å². The van der Waals surface area contributed by atoms with E-state index in [1.807, 2.05) is 19.0 Å². The molecule has 4 N–H and O–H groups in total. The van der Waals surface area contributed by atoms with Gasteiger partial charge < -0.3 is 20.4 Å². The number of nitrogens with one attached hydrogen (secondary N) is 2. The monoisotopic (exact) mass is 284 g/mol. The second-order valence-corrected chi connectivity index (χ2v) is 4.34. The molecule has 0 aromatic carbocycles. The molecule has 1 aromatic heterocycles. The van der Waals surface area contributed by atoms with E-state index in [4.69, 9.17) is 10.6 Å². The Morgan fingerprint density at radius 2 is 2.10 bits per heavy atom. The number of hydrazine groups is 1. The van der Waals surface area contributed by atoms with Crippen molar-refractivity contribution in [3.63, 3.8) is 0 Å². The first-order valence-corrected chi connectivity index (χ1v) is 6.12. The number of nitrogen functional groups attached to an aromatic ring is 1. The van der Waals surface area contributed by atoms with Gasteiger partial charge >= 0.3 is 0 Å². The maximum Gasteiger partial charge on any atom is 0.276 e. The lowest BCUT2D eigenvalue weighted by molar-refractivity contribution is -0.384. The van der Waals surface area contributed by atoms with Crippen molar-refractivity contribution < 1.29 is 9.66 Å². The summed E-state index contributed by atoms with van der Waals surface area (Å²) in [7, 11) is 3.94. The Hall–Kier alpha value is -1.97. The topological polar surface area (TPSA) is 119 Å². The Labute approximate surface area is 117 Å². The van der Waals surface area contributed by atoms with E-state index in [9.17, 15) is 10.1 Å². The van der Waals surface area contributed by atoms with Crippen molar-refractivity contribution in [3.05, 3.63) is 22.2 Å². The molecule has 0 unspecified atom stereocenters. The molecule has 9 nitrogen and oxygen atoms in total. The number of anilines is 2. The number of nitrogens with two attached hydrogens (primary N) is 1. The molecule has 9 heteroatoms. The van der Waals surface area contributed by atoms with E-state index < -0.39 is 4.92 Å². The van der Waals surface area contributed by atoms with E-state index in [1.54, 1.807) is 0 Å². The van der Waals surface area contributed by atoms with Gasteiger partial charge in [0.15, 0.2) is 0 Å². The molecular weight excluding hydrogens is 264 g/mol. The lowest BCUT2D eigenvalue weighted by Crippen LogP contribution is -2.20. The van der Waals surface area contributed by atoms with Gasteiger partial charge in [0.25, 0.3) is 5.69 Å². The van der Waals surface area contributed by atoms with Crippen LogP contribution in [0.2, 0.25) is 0 Å². The lowest BCUT2D eigenvalue weighted by atomic mass is 10.3. The number of rotatable bonds is 9. The minimum absolute atomic E-state index is 0.0797. The first kappa shape index (κ1) is 16.1. The maximum atomic E-state index is 10.8. The normalized spacial score (nSPS) is 10.6. The number of nitro groups is 1. The van der Waals surface area contributed by atoms with E-state index in [0.717, 1.165) is 6.54 Å². The van der Waals surface area contributed by atoms with Crippen LogP contribution in [0.5, 0.6) is 0 Å². The van der Waals surface area contributed by atoms with Crippen LogP contribution in [0.15, 0.2) is 12.1 Å². The summed E-state index contributed by atoms with van der Waals surface area (Å²) >= 11 is 0. The summed E-state index contributed by atoms with van der Waals surface area (Å²) in [6.45, 7) is 2.47. The molecule has 0 spiro atoms. The molecule has 0 atom stereocenters. The van der Waals surface area contributed by atoms with Gasteiger partial charge in [0.05, 0.1) is 30.3 Å². The molecule has 0 radical (unpaired) electrons. The van der Waals surface area contributed by atoms with Crippen LogP contribution in [-0.2, 0) is 4.74 Å². The first-order chi connectivity index (χ1) is 9.52. The number of aromatic nitrogens is 1. The highest BCUT2D eigenvalue weighted by molar-refractivity contribution is 5.54. The second-order valence-electron chi connectivity index (χ2n) is 4.34. The van der Waals surface area contributed by atoms with Gasteiger partial charge in [-0.25, -0.2) is 10.8 Å². The Morgan fingerprint density at radius 3 is 2.70 bits per heavy atom. The van der Waals surface area contributed by atoms with Crippen molar-refractivity contribution in [1.29, 1.82) is 0 Å². The van der Waals surface area contributed by atoms with Gasteiger partial charge in [0.1, 0.15) is 11.6 Å². The van der Waals surface area contributed by atoms with Crippen LogP contribution in [0.1, 0.15) is 0 Å². The highest BCUT2D eigenvalue weighted by Crippen LogP contribution is 2.19. The highest BCUT2D eigenvalue weighted by atomic mass is 16.6. The summed E-state index contributed by atoms with van der Waals surface area (Å²) < 4.78 is 5.39. The Balaban J connectivity index is 2.43. The SMILES string of the molecule is CN(C)CCOCCNc1cc([N+](=O)[O-])cc(NN)n1. The summed E-state index contributed by atoms with van der Waals surface area (Å²) in [6, 6.07) is 2.61. The molecule has 1 rings (SSSR count). The summed E-state index contributed by atoms with van der Waals surface area (Å²) in [4.78, 5) is 16.3. The fourth-order valence-electron chi connectivity index (χ4n) is 1.39. The molecule has 0 aliphatic rings. The van der Waals surface area contributed by atoms with Gasteiger partial charge in [-0.15, -0.1) is 0 Å². The van der Waals surface area contributed by atoms with Crippen LogP contribution in [0, 0.1) is 10.1 Å². The number of ether oxygens (including phenoxy) is 1. The van der Waals surface area contributed by atoms with Gasteiger partial charge in [-0.05, 0) is 14.1 Å². The predicted molar refractivity (Wildman–Crippen MR) is 76.6 cm³/mol. The fourth-order valence-corrected chi connectivity index (χ4v) is 1.39. The second kappa shape index (κ2) is 8.25. The van der Waals surface area contributed by atoms with Crippen LogP contribution < -0.4 is 16.6 Å². The van der Waals surface area contributed by atoms with Crippen LogP contribution in [0.25, 0.3) is 0 Å². The van der Waals surface area contributed by atoms with Crippen LogP contribution in [-0.4, -0.2) is 55.2 Å². The quantitative estimate of drug-likeness (QED) is 0.256. The number of pyridine rings is 1. The lowest BCUT2D eigenvalue weighted by Gasteiger charge is -2.11. The Bertz CT molecular complexity index is 440. The molecule has 0 amide bonds. The maximum absolute atomic E-state index is 10.8. The Morgan fingerprint density at radius 1 is 1.40 bits per heavy atom. The predicted octanol–water partition coefficient (Wildman–Crippen LogP) is 0.266. The zero-order valence-corrected chi connectivity index (χ0v) is 11.6. The molecule has 0 saturated heterocycles. The third-order valence-corrected chi connectivity index (χ3v) is 2.40. The van der Waals surface area contributed by atoms with Crippen molar-refractivity contribution in [2.75, 3.05) is 51.1 Å². The van der Waals surface area contributed by atoms with E-state index in [2.05, 4.69) is 15.7 Å². The number of nitrogens with zero attached hydrogens (tertiary/aromatic N) is 3. The zero-order chi connectivity index (χ0) is 15.0. The zero-order valence-electron chi connectivity index (χ0n) is 11.6. The number of likely N-dealkylation sites (N-methyl/N-ethyl adjacent to an activating group) is 1.